The van der Waals surface area contributed by atoms with Crippen molar-refractivity contribution in [3.8, 4) is 0 Å². The first-order valence-corrected chi connectivity index (χ1v) is 8.21. The van der Waals surface area contributed by atoms with E-state index in [1.165, 1.54) is 12.1 Å². The highest BCUT2D eigenvalue weighted by Crippen LogP contribution is 2.24. The van der Waals surface area contributed by atoms with E-state index >= 15 is 0 Å². The molecule has 1 amide bonds. The van der Waals surface area contributed by atoms with Crippen molar-refractivity contribution in [3.63, 3.8) is 0 Å². The lowest BCUT2D eigenvalue weighted by Gasteiger charge is -2.23. The number of hydrogen-bond donors (Lipinski definition) is 3. The van der Waals surface area contributed by atoms with Crippen LogP contribution in [0.25, 0.3) is 0 Å². The first-order chi connectivity index (χ1) is 9.73. The summed E-state index contributed by atoms with van der Waals surface area (Å²) in [5.41, 5.74) is 1.56. The van der Waals surface area contributed by atoms with Crippen LogP contribution in [-0.4, -0.2) is 19.3 Å². The number of hydrazine groups is 1. The summed E-state index contributed by atoms with van der Waals surface area (Å²) < 4.78 is 26.4. The van der Waals surface area contributed by atoms with Crippen molar-refractivity contribution < 1.29 is 13.2 Å². The molecule has 1 heterocycles. The molecule has 0 aliphatic heterocycles. The van der Waals surface area contributed by atoms with Crippen LogP contribution in [0.15, 0.2) is 23.2 Å². The molecule has 0 atom stereocenters. The molecular formula is C13H22N4O3S. The zero-order valence-electron chi connectivity index (χ0n) is 12.5. The minimum atomic E-state index is -3.92. The summed E-state index contributed by atoms with van der Waals surface area (Å²) >= 11 is 0. The third-order valence-corrected chi connectivity index (χ3v) is 4.51. The number of hydrogen-bond acceptors (Lipinski definition) is 6. The molecule has 0 aliphatic rings. The van der Waals surface area contributed by atoms with E-state index in [2.05, 4.69) is 15.1 Å². The number of anilines is 1. The molecule has 4 N–H and O–H groups in total. The van der Waals surface area contributed by atoms with Gasteiger partial charge in [-0.15, -0.1) is 0 Å². The molecule has 8 heteroatoms. The average molecular weight is 314 g/mol. The van der Waals surface area contributed by atoms with Crippen LogP contribution in [0, 0.1) is 5.41 Å². The van der Waals surface area contributed by atoms with Crippen LogP contribution in [-0.2, 0) is 14.8 Å². The van der Waals surface area contributed by atoms with Crippen LogP contribution in [0.1, 0.15) is 40.0 Å². The number of rotatable bonds is 7. The molecule has 0 spiro atoms. The number of amides is 1. The standard InChI is InChI=1S/C13H22N4O3S/c1-4-5-8-13(2,3)12(18)17-21(19,20)10-6-7-11(16-14)15-9-10/h6-7,9H,4-5,8,14H2,1-3H3,(H,15,16)(H,17,18). The predicted molar refractivity (Wildman–Crippen MR) is 80.7 cm³/mol. The number of pyridine rings is 1. The van der Waals surface area contributed by atoms with Gasteiger partial charge < -0.3 is 5.43 Å². The van der Waals surface area contributed by atoms with Gasteiger partial charge in [-0.1, -0.05) is 33.6 Å². The van der Waals surface area contributed by atoms with Gasteiger partial charge in [0.05, 0.1) is 0 Å². The summed E-state index contributed by atoms with van der Waals surface area (Å²) in [4.78, 5) is 15.9. The minimum Gasteiger partial charge on any atom is -0.308 e. The quantitative estimate of drug-likeness (QED) is 0.517. The highest BCUT2D eigenvalue weighted by molar-refractivity contribution is 7.90. The van der Waals surface area contributed by atoms with Gasteiger partial charge in [-0.2, -0.15) is 0 Å². The Balaban J connectivity index is 2.86. The first-order valence-electron chi connectivity index (χ1n) is 6.73. The lowest BCUT2D eigenvalue weighted by atomic mass is 9.87. The van der Waals surface area contributed by atoms with E-state index in [0.717, 1.165) is 19.0 Å². The molecule has 0 aliphatic carbocycles. The fourth-order valence-corrected chi connectivity index (χ4v) is 2.75. The van der Waals surface area contributed by atoms with Crippen LogP contribution >= 0.6 is 0 Å². The lowest BCUT2D eigenvalue weighted by molar-refractivity contribution is -0.127. The zero-order valence-corrected chi connectivity index (χ0v) is 13.3. The first kappa shape index (κ1) is 17.4. The van der Waals surface area contributed by atoms with Gasteiger partial charge in [-0.05, 0) is 18.6 Å². The molecule has 0 bridgehead atoms. The Morgan fingerprint density at radius 3 is 2.52 bits per heavy atom. The summed E-state index contributed by atoms with van der Waals surface area (Å²) in [6.07, 6.45) is 3.57. The Bertz CT molecular complexity index is 582. The Morgan fingerprint density at radius 1 is 1.38 bits per heavy atom. The smallest absolute Gasteiger partial charge is 0.265 e. The monoisotopic (exact) mass is 314 g/mol. The Hall–Kier alpha value is -1.67. The van der Waals surface area contributed by atoms with Crippen LogP contribution in [0.4, 0.5) is 5.82 Å². The fraction of sp³-hybridized carbons (Fsp3) is 0.538. The van der Waals surface area contributed by atoms with E-state index in [9.17, 15) is 13.2 Å². The zero-order chi connectivity index (χ0) is 16.1. The number of carbonyl (C=O) groups is 1. The second-order valence-electron chi connectivity index (χ2n) is 5.45. The fourth-order valence-electron chi connectivity index (χ4n) is 1.68. The number of nitrogens with zero attached hydrogens (tertiary/aromatic N) is 1. The van der Waals surface area contributed by atoms with Crippen molar-refractivity contribution in [2.75, 3.05) is 5.43 Å². The van der Waals surface area contributed by atoms with E-state index in [4.69, 9.17) is 5.84 Å². The number of carbonyl (C=O) groups excluding carboxylic acids is 1. The second-order valence-corrected chi connectivity index (χ2v) is 7.13. The molecule has 21 heavy (non-hydrogen) atoms. The summed E-state index contributed by atoms with van der Waals surface area (Å²) in [5, 5.41) is 0. The molecule has 0 radical (unpaired) electrons. The topological polar surface area (TPSA) is 114 Å². The summed E-state index contributed by atoms with van der Waals surface area (Å²) in [5.74, 6) is 4.98. The van der Waals surface area contributed by atoms with Crippen LogP contribution in [0.3, 0.4) is 0 Å². The van der Waals surface area contributed by atoms with Gasteiger partial charge in [0.15, 0.2) is 0 Å². The van der Waals surface area contributed by atoms with E-state index in [1.54, 1.807) is 13.8 Å². The molecule has 1 rings (SSSR count). The van der Waals surface area contributed by atoms with Crippen molar-refractivity contribution >= 4 is 21.7 Å². The van der Waals surface area contributed by atoms with Gasteiger partial charge in [0.25, 0.3) is 10.0 Å². The molecule has 1 aromatic heterocycles. The van der Waals surface area contributed by atoms with Crippen molar-refractivity contribution in [2.24, 2.45) is 11.3 Å². The van der Waals surface area contributed by atoms with E-state index in [1.807, 2.05) is 6.92 Å². The number of nitrogens with one attached hydrogen (secondary N) is 2. The number of sulfonamides is 1. The highest BCUT2D eigenvalue weighted by Gasteiger charge is 2.30. The molecule has 0 saturated carbocycles. The summed E-state index contributed by atoms with van der Waals surface area (Å²) in [6.45, 7) is 5.48. The third kappa shape index (κ3) is 4.68. The number of nitrogen functional groups attached to an aromatic ring is 1. The van der Waals surface area contributed by atoms with Crippen molar-refractivity contribution in [2.45, 2.75) is 44.9 Å². The normalized spacial score (nSPS) is 12.0. The number of nitrogens with two attached hydrogens (primary N) is 1. The average Bonchev–Trinajstić information content (AvgIpc) is 2.44. The largest absolute Gasteiger partial charge is 0.308 e. The van der Waals surface area contributed by atoms with Gasteiger partial charge in [0.2, 0.25) is 5.91 Å². The van der Waals surface area contributed by atoms with Gasteiger partial charge in [0, 0.05) is 11.6 Å². The minimum absolute atomic E-state index is 0.0823. The number of unbranched alkanes of at least 4 members (excludes halogenated alkanes) is 1. The van der Waals surface area contributed by atoms with Crippen LogP contribution in [0.2, 0.25) is 0 Å². The van der Waals surface area contributed by atoms with E-state index < -0.39 is 21.3 Å². The van der Waals surface area contributed by atoms with E-state index in [0.29, 0.717) is 12.2 Å². The molecular weight excluding hydrogens is 292 g/mol. The maximum Gasteiger partial charge on any atom is 0.265 e. The van der Waals surface area contributed by atoms with Crippen LogP contribution < -0.4 is 16.0 Å². The molecule has 0 fully saturated rings. The Kier molecular flexibility index (Phi) is 5.68. The molecule has 7 nitrogen and oxygen atoms in total. The summed E-state index contributed by atoms with van der Waals surface area (Å²) in [7, 11) is -3.92. The van der Waals surface area contributed by atoms with Gasteiger partial charge in [0.1, 0.15) is 10.7 Å². The molecule has 0 unspecified atom stereocenters. The van der Waals surface area contributed by atoms with Crippen molar-refractivity contribution in [3.05, 3.63) is 18.3 Å². The maximum absolute atomic E-state index is 12.1. The SMILES string of the molecule is CCCCC(C)(C)C(=O)NS(=O)(=O)c1ccc(NN)nc1. The van der Waals surface area contributed by atoms with Gasteiger partial charge >= 0.3 is 0 Å². The highest BCUT2D eigenvalue weighted by atomic mass is 32.2. The molecule has 118 valence electrons. The maximum atomic E-state index is 12.1. The predicted octanol–water partition coefficient (Wildman–Crippen LogP) is 1.39. The van der Waals surface area contributed by atoms with Gasteiger partial charge in [-0.3, -0.25) is 4.79 Å². The van der Waals surface area contributed by atoms with E-state index in [-0.39, 0.29) is 4.90 Å². The lowest BCUT2D eigenvalue weighted by Crippen LogP contribution is -2.40. The van der Waals surface area contributed by atoms with Crippen molar-refractivity contribution in [1.82, 2.24) is 9.71 Å². The molecule has 0 aromatic carbocycles. The van der Waals surface area contributed by atoms with Crippen LogP contribution in [0.5, 0.6) is 0 Å². The molecule has 0 saturated heterocycles. The summed E-state index contributed by atoms with van der Waals surface area (Å²) in [6, 6.07) is 2.75. The third-order valence-electron chi connectivity index (χ3n) is 3.19. The molecule has 1 aromatic rings. The second kappa shape index (κ2) is 6.86. The Labute approximate surface area is 125 Å². The number of aromatic nitrogens is 1. The Morgan fingerprint density at radius 2 is 2.05 bits per heavy atom. The van der Waals surface area contributed by atoms with Crippen molar-refractivity contribution in [1.29, 1.82) is 0 Å². The van der Waals surface area contributed by atoms with Gasteiger partial charge in [-0.25, -0.2) is 24.0 Å².